The molecular weight excluding hydrogens is 374 g/mol. The standard InChI is InChI=1S/C22H22ClN3O2/c1-4-8-26-20(14-6-5-7-15(23)11-14)17-18(24-25-19(17)22(26)28)16-10-12(2)9-13(3)21(16)27/h5-7,9-11,20,27H,4,8H2,1-3H3,(H,24,25). The smallest absolute Gasteiger partial charge is 0.273 e. The maximum Gasteiger partial charge on any atom is 0.273 e. The lowest BCUT2D eigenvalue weighted by molar-refractivity contribution is 0.0744. The van der Waals surface area contributed by atoms with E-state index < -0.39 is 0 Å². The molecule has 1 aliphatic heterocycles. The van der Waals surface area contributed by atoms with Crippen LogP contribution in [0.2, 0.25) is 5.02 Å². The number of hydrogen-bond acceptors (Lipinski definition) is 3. The van der Waals surface area contributed by atoms with Crippen molar-refractivity contribution in [3.8, 4) is 17.0 Å². The van der Waals surface area contributed by atoms with Crippen molar-refractivity contribution >= 4 is 17.5 Å². The lowest BCUT2D eigenvalue weighted by Crippen LogP contribution is -2.30. The summed E-state index contributed by atoms with van der Waals surface area (Å²) in [5, 5.41) is 18.7. The molecule has 5 nitrogen and oxygen atoms in total. The highest BCUT2D eigenvalue weighted by Crippen LogP contribution is 2.45. The summed E-state index contributed by atoms with van der Waals surface area (Å²) in [5.74, 6) is 0.107. The zero-order valence-electron chi connectivity index (χ0n) is 16.1. The van der Waals surface area contributed by atoms with Crippen LogP contribution in [0.1, 0.15) is 52.1 Å². The van der Waals surface area contributed by atoms with Crippen molar-refractivity contribution in [2.75, 3.05) is 6.54 Å². The molecule has 0 spiro atoms. The number of aromatic hydroxyl groups is 1. The number of phenols is 1. The van der Waals surface area contributed by atoms with Crippen molar-refractivity contribution in [2.45, 2.75) is 33.2 Å². The molecule has 0 bridgehead atoms. The maximum atomic E-state index is 13.1. The van der Waals surface area contributed by atoms with E-state index in [1.54, 1.807) is 0 Å². The summed E-state index contributed by atoms with van der Waals surface area (Å²) < 4.78 is 0. The highest BCUT2D eigenvalue weighted by molar-refractivity contribution is 6.30. The molecular formula is C22H22ClN3O2. The first kappa shape index (κ1) is 18.6. The number of H-pyrrole nitrogens is 1. The molecule has 1 unspecified atom stereocenters. The van der Waals surface area contributed by atoms with Gasteiger partial charge >= 0.3 is 0 Å². The Bertz CT molecular complexity index is 1070. The summed E-state index contributed by atoms with van der Waals surface area (Å²) in [6, 6.07) is 11.1. The number of aromatic amines is 1. The van der Waals surface area contributed by atoms with Gasteiger partial charge in [-0.1, -0.05) is 36.7 Å². The Balaban J connectivity index is 1.95. The van der Waals surface area contributed by atoms with Crippen LogP contribution in [0.3, 0.4) is 0 Å². The van der Waals surface area contributed by atoms with Crippen molar-refractivity contribution < 1.29 is 9.90 Å². The van der Waals surface area contributed by atoms with Crippen LogP contribution in [-0.4, -0.2) is 32.7 Å². The molecule has 0 aliphatic carbocycles. The largest absolute Gasteiger partial charge is 0.507 e. The number of nitrogens with one attached hydrogen (secondary N) is 1. The van der Waals surface area contributed by atoms with Crippen LogP contribution in [0, 0.1) is 13.8 Å². The van der Waals surface area contributed by atoms with Crippen molar-refractivity contribution in [3.63, 3.8) is 0 Å². The van der Waals surface area contributed by atoms with Crippen LogP contribution >= 0.6 is 11.6 Å². The second kappa shape index (κ2) is 6.99. The van der Waals surface area contributed by atoms with E-state index in [4.69, 9.17) is 11.6 Å². The number of carbonyl (C=O) groups is 1. The second-order valence-corrected chi connectivity index (χ2v) is 7.73. The summed E-state index contributed by atoms with van der Waals surface area (Å²) in [6.07, 6.45) is 0.838. The summed E-state index contributed by atoms with van der Waals surface area (Å²) in [4.78, 5) is 14.9. The molecule has 1 atom stereocenters. The number of benzene rings is 2. The zero-order chi connectivity index (χ0) is 20.0. The van der Waals surface area contributed by atoms with Gasteiger partial charge in [0, 0.05) is 22.7 Å². The number of halogens is 1. The van der Waals surface area contributed by atoms with Gasteiger partial charge in [0.1, 0.15) is 17.1 Å². The lowest BCUT2D eigenvalue weighted by atomic mass is 9.94. The van der Waals surface area contributed by atoms with Crippen LogP contribution in [0.15, 0.2) is 36.4 Å². The highest BCUT2D eigenvalue weighted by Gasteiger charge is 2.42. The predicted octanol–water partition coefficient (Wildman–Crippen LogP) is 5.01. The van der Waals surface area contributed by atoms with E-state index in [1.165, 1.54) is 0 Å². The molecule has 28 heavy (non-hydrogen) atoms. The maximum absolute atomic E-state index is 13.1. The fourth-order valence-electron chi connectivity index (χ4n) is 4.04. The Kier molecular flexibility index (Phi) is 4.63. The van der Waals surface area contributed by atoms with E-state index in [0.29, 0.717) is 28.5 Å². The number of aromatic nitrogens is 2. The Hall–Kier alpha value is -2.79. The van der Waals surface area contributed by atoms with Gasteiger partial charge in [-0.15, -0.1) is 0 Å². The molecule has 3 aromatic rings. The molecule has 0 radical (unpaired) electrons. The average Bonchev–Trinajstić information content (AvgIpc) is 3.18. The number of nitrogens with zero attached hydrogens (tertiary/aromatic N) is 2. The van der Waals surface area contributed by atoms with Gasteiger partial charge in [0.15, 0.2) is 0 Å². The minimum Gasteiger partial charge on any atom is -0.507 e. The third-order valence-corrected chi connectivity index (χ3v) is 5.43. The molecule has 2 N–H and O–H groups in total. The van der Waals surface area contributed by atoms with Crippen LogP contribution in [0.5, 0.6) is 5.75 Å². The number of rotatable bonds is 4. The van der Waals surface area contributed by atoms with E-state index in [0.717, 1.165) is 28.7 Å². The van der Waals surface area contributed by atoms with Crippen molar-refractivity contribution in [1.82, 2.24) is 15.1 Å². The monoisotopic (exact) mass is 395 g/mol. The Morgan fingerprint density at radius 1 is 1.25 bits per heavy atom. The molecule has 2 aromatic carbocycles. The number of amides is 1. The van der Waals surface area contributed by atoms with Crippen molar-refractivity contribution in [2.24, 2.45) is 0 Å². The molecule has 6 heteroatoms. The quantitative estimate of drug-likeness (QED) is 0.652. The van der Waals surface area contributed by atoms with Crippen molar-refractivity contribution in [1.29, 1.82) is 0 Å². The van der Waals surface area contributed by atoms with Gasteiger partial charge in [-0.05, 0) is 55.2 Å². The number of phenolic OH excluding ortho intramolecular Hbond substituents is 1. The predicted molar refractivity (Wildman–Crippen MR) is 110 cm³/mol. The van der Waals surface area contributed by atoms with Gasteiger partial charge in [-0.25, -0.2) is 0 Å². The molecule has 144 valence electrons. The number of hydrogen-bond donors (Lipinski definition) is 2. The van der Waals surface area contributed by atoms with Gasteiger partial charge in [0.2, 0.25) is 0 Å². The second-order valence-electron chi connectivity index (χ2n) is 7.29. The molecule has 1 aromatic heterocycles. The van der Waals surface area contributed by atoms with E-state index in [-0.39, 0.29) is 17.7 Å². The van der Waals surface area contributed by atoms with Gasteiger partial charge < -0.3 is 10.0 Å². The molecule has 1 aliphatic rings. The van der Waals surface area contributed by atoms with Crippen LogP contribution in [-0.2, 0) is 0 Å². The number of aryl methyl sites for hydroxylation is 2. The Morgan fingerprint density at radius 3 is 2.75 bits per heavy atom. The van der Waals surface area contributed by atoms with E-state index in [2.05, 4.69) is 10.2 Å². The molecule has 2 heterocycles. The van der Waals surface area contributed by atoms with Crippen LogP contribution in [0.4, 0.5) is 0 Å². The lowest BCUT2D eigenvalue weighted by Gasteiger charge is -2.26. The summed E-state index contributed by atoms with van der Waals surface area (Å²) in [6.45, 7) is 6.51. The van der Waals surface area contributed by atoms with E-state index in [9.17, 15) is 9.90 Å². The van der Waals surface area contributed by atoms with E-state index >= 15 is 0 Å². The number of fused-ring (bicyclic) bond motifs is 1. The number of carbonyl (C=O) groups excluding carboxylic acids is 1. The average molecular weight is 396 g/mol. The van der Waals surface area contributed by atoms with Crippen molar-refractivity contribution in [3.05, 3.63) is 69.4 Å². The first-order valence-corrected chi connectivity index (χ1v) is 9.75. The zero-order valence-corrected chi connectivity index (χ0v) is 16.8. The van der Waals surface area contributed by atoms with Gasteiger partial charge in [-0.2, -0.15) is 5.10 Å². The minimum atomic E-state index is -0.296. The van der Waals surface area contributed by atoms with Gasteiger partial charge in [0.25, 0.3) is 5.91 Å². The fourth-order valence-corrected chi connectivity index (χ4v) is 4.24. The first-order chi connectivity index (χ1) is 13.4. The molecule has 0 saturated carbocycles. The van der Waals surface area contributed by atoms with Gasteiger partial charge in [-0.3, -0.25) is 9.89 Å². The van der Waals surface area contributed by atoms with E-state index in [1.807, 2.05) is 62.1 Å². The van der Waals surface area contributed by atoms with Crippen LogP contribution < -0.4 is 0 Å². The molecule has 0 saturated heterocycles. The SMILES string of the molecule is CCCN1C(=O)c2[nH]nc(-c3cc(C)cc(C)c3O)c2C1c1cccc(Cl)c1. The van der Waals surface area contributed by atoms with Gasteiger partial charge in [0.05, 0.1) is 6.04 Å². The summed E-state index contributed by atoms with van der Waals surface area (Å²) in [5.41, 5.74) is 5.24. The Morgan fingerprint density at radius 2 is 2.04 bits per heavy atom. The minimum absolute atomic E-state index is 0.0792. The third kappa shape index (κ3) is 2.87. The summed E-state index contributed by atoms with van der Waals surface area (Å²) in [7, 11) is 0. The Labute approximate surface area is 169 Å². The fraction of sp³-hybridized carbons (Fsp3) is 0.273. The highest BCUT2D eigenvalue weighted by atomic mass is 35.5. The molecule has 0 fully saturated rings. The normalized spacial score (nSPS) is 15.9. The summed E-state index contributed by atoms with van der Waals surface area (Å²) >= 11 is 6.24. The molecule has 1 amide bonds. The molecule has 4 rings (SSSR count). The third-order valence-electron chi connectivity index (χ3n) is 5.19. The topological polar surface area (TPSA) is 69.2 Å². The van der Waals surface area contributed by atoms with Crippen LogP contribution in [0.25, 0.3) is 11.3 Å². The first-order valence-electron chi connectivity index (χ1n) is 9.37.